The molecule has 1 aliphatic rings. The highest BCUT2D eigenvalue weighted by atomic mass is 32.2. The first kappa shape index (κ1) is 19.2. The van der Waals surface area contributed by atoms with Gasteiger partial charge in [0.1, 0.15) is 11.3 Å². The molecule has 1 atom stereocenters. The molecule has 0 aromatic heterocycles. The summed E-state index contributed by atoms with van der Waals surface area (Å²) in [5.74, 6) is -1.13. The van der Waals surface area contributed by atoms with Crippen LogP contribution in [-0.2, 0) is 19.6 Å². The highest BCUT2D eigenvalue weighted by Crippen LogP contribution is 2.27. The summed E-state index contributed by atoms with van der Waals surface area (Å²) >= 11 is 0. The topological polar surface area (TPSA) is 102 Å². The van der Waals surface area contributed by atoms with Gasteiger partial charge >= 0.3 is 6.09 Å². The van der Waals surface area contributed by atoms with Gasteiger partial charge in [-0.3, -0.25) is 10.1 Å². The molecular weight excluding hydrogens is 320 g/mol. The van der Waals surface area contributed by atoms with Crippen molar-refractivity contribution >= 4 is 22.0 Å². The average Bonchev–Trinajstić information content (AvgIpc) is 3.19. The van der Waals surface area contributed by atoms with Crippen LogP contribution in [0.15, 0.2) is 24.4 Å². The van der Waals surface area contributed by atoms with Gasteiger partial charge < -0.3 is 4.74 Å². The first-order valence-electron chi connectivity index (χ1n) is 7.35. The van der Waals surface area contributed by atoms with Crippen molar-refractivity contribution in [2.45, 2.75) is 51.4 Å². The number of allylic oxidation sites excluding steroid dienone is 2. The Morgan fingerprint density at radius 2 is 1.87 bits per heavy atom. The Bertz CT molecular complexity index is 612. The van der Waals surface area contributed by atoms with Gasteiger partial charge in [0, 0.05) is 0 Å². The minimum Gasteiger partial charge on any atom is -0.444 e. The van der Waals surface area contributed by atoms with Crippen LogP contribution in [0.4, 0.5) is 4.79 Å². The summed E-state index contributed by atoms with van der Waals surface area (Å²) in [7, 11) is -3.70. The molecule has 0 radical (unpaired) electrons. The zero-order valence-electron chi connectivity index (χ0n) is 13.9. The Hall–Kier alpha value is -1.83. The Morgan fingerprint density at radius 3 is 2.30 bits per heavy atom. The van der Waals surface area contributed by atoms with Gasteiger partial charge in [0.25, 0.3) is 5.91 Å². The molecule has 2 amide bonds. The van der Waals surface area contributed by atoms with Crippen LogP contribution >= 0.6 is 0 Å². The molecule has 2 N–H and O–H groups in total. The lowest BCUT2D eigenvalue weighted by Crippen LogP contribution is -2.41. The molecule has 0 saturated heterocycles. The fourth-order valence-electron chi connectivity index (χ4n) is 1.56. The molecule has 0 heterocycles. The number of ether oxygens (including phenoxy) is 1. The highest BCUT2D eigenvalue weighted by Gasteiger charge is 2.37. The zero-order chi connectivity index (χ0) is 17.8. The molecule has 1 fully saturated rings. The molecule has 1 saturated carbocycles. The molecule has 0 aromatic rings. The maximum Gasteiger partial charge on any atom is 0.412 e. The SMILES string of the molecule is C=CC(C)/C=C(/NC(=O)OC(C)(C)C)C(=O)NS(=O)(=O)C1CC1. The predicted octanol–water partition coefficient (Wildman–Crippen LogP) is 1.83. The van der Waals surface area contributed by atoms with Crippen molar-refractivity contribution in [2.75, 3.05) is 0 Å². The van der Waals surface area contributed by atoms with Crippen molar-refractivity contribution in [3.05, 3.63) is 24.4 Å². The van der Waals surface area contributed by atoms with Crippen molar-refractivity contribution < 1.29 is 22.7 Å². The van der Waals surface area contributed by atoms with Crippen molar-refractivity contribution in [1.82, 2.24) is 10.0 Å². The second kappa shape index (κ2) is 7.16. The Balaban J connectivity index is 2.87. The van der Waals surface area contributed by atoms with Crippen LogP contribution in [0.3, 0.4) is 0 Å². The molecule has 0 aromatic carbocycles. The van der Waals surface area contributed by atoms with E-state index in [4.69, 9.17) is 4.74 Å². The summed E-state index contributed by atoms with van der Waals surface area (Å²) in [5.41, 5.74) is -0.925. The van der Waals surface area contributed by atoms with Crippen LogP contribution in [0.25, 0.3) is 0 Å². The lowest BCUT2D eigenvalue weighted by atomic mass is 10.1. The van der Waals surface area contributed by atoms with Crippen molar-refractivity contribution in [3.63, 3.8) is 0 Å². The van der Waals surface area contributed by atoms with E-state index < -0.39 is 32.9 Å². The maximum absolute atomic E-state index is 12.2. The summed E-state index contributed by atoms with van der Waals surface area (Å²) in [5, 5.41) is 1.76. The molecule has 1 rings (SSSR count). The fourth-order valence-corrected chi connectivity index (χ4v) is 2.86. The number of sulfonamides is 1. The van der Waals surface area contributed by atoms with E-state index in [0.29, 0.717) is 12.8 Å². The highest BCUT2D eigenvalue weighted by molar-refractivity contribution is 7.91. The zero-order valence-corrected chi connectivity index (χ0v) is 14.7. The molecule has 0 bridgehead atoms. The summed E-state index contributed by atoms with van der Waals surface area (Å²) in [4.78, 5) is 24.0. The number of alkyl carbamates (subject to hydrolysis) is 1. The molecular formula is C15H24N2O5S. The minimum atomic E-state index is -3.70. The van der Waals surface area contributed by atoms with E-state index in [2.05, 4.69) is 11.9 Å². The number of hydrogen-bond donors (Lipinski definition) is 2. The Kier molecular flexibility index (Phi) is 5.98. The van der Waals surface area contributed by atoms with E-state index in [1.165, 1.54) is 6.08 Å². The van der Waals surface area contributed by atoms with Crippen LogP contribution in [0.2, 0.25) is 0 Å². The predicted molar refractivity (Wildman–Crippen MR) is 86.9 cm³/mol. The molecule has 23 heavy (non-hydrogen) atoms. The third-order valence-corrected chi connectivity index (χ3v) is 4.70. The first-order valence-corrected chi connectivity index (χ1v) is 8.89. The number of carbonyl (C=O) groups is 2. The lowest BCUT2D eigenvalue weighted by molar-refractivity contribution is -0.116. The number of amides is 2. The molecule has 1 unspecified atom stereocenters. The van der Waals surface area contributed by atoms with Crippen LogP contribution in [0, 0.1) is 5.92 Å². The Morgan fingerprint density at radius 1 is 1.30 bits per heavy atom. The number of carbonyl (C=O) groups excluding carboxylic acids is 2. The van der Waals surface area contributed by atoms with E-state index in [1.807, 2.05) is 4.72 Å². The monoisotopic (exact) mass is 344 g/mol. The maximum atomic E-state index is 12.2. The van der Waals surface area contributed by atoms with Crippen LogP contribution in [-0.4, -0.2) is 31.3 Å². The van der Waals surface area contributed by atoms with Gasteiger partial charge in [-0.2, -0.15) is 0 Å². The number of nitrogens with one attached hydrogen (secondary N) is 2. The third kappa shape index (κ3) is 6.85. The molecule has 0 aliphatic heterocycles. The fraction of sp³-hybridized carbons (Fsp3) is 0.600. The van der Waals surface area contributed by atoms with Crippen LogP contribution in [0.1, 0.15) is 40.5 Å². The summed E-state index contributed by atoms with van der Waals surface area (Å²) in [6.45, 7) is 10.4. The smallest absolute Gasteiger partial charge is 0.412 e. The molecule has 130 valence electrons. The van der Waals surface area contributed by atoms with Gasteiger partial charge in [0.2, 0.25) is 10.0 Å². The van der Waals surface area contributed by atoms with Gasteiger partial charge in [0.05, 0.1) is 5.25 Å². The van der Waals surface area contributed by atoms with E-state index in [0.717, 1.165) is 0 Å². The van der Waals surface area contributed by atoms with E-state index in [1.54, 1.807) is 33.8 Å². The van der Waals surface area contributed by atoms with E-state index in [-0.39, 0.29) is 11.6 Å². The van der Waals surface area contributed by atoms with Gasteiger partial charge in [-0.15, -0.1) is 6.58 Å². The first-order chi connectivity index (χ1) is 10.4. The average molecular weight is 344 g/mol. The molecule has 0 spiro atoms. The Labute approximate surface area is 137 Å². The third-order valence-electron chi connectivity index (χ3n) is 2.88. The standard InChI is InChI=1S/C15H24N2O5S/c1-6-10(2)9-12(16-14(19)22-15(3,4)5)13(18)17-23(20,21)11-7-8-11/h6,9-11H,1,7-8H2,2-5H3,(H,16,19)(H,17,18)/b12-9+. The van der Waals surface area contributed by atoms with Gasteiger partial charge in [0.15, 0.2) is 0 Å². The number of hydrogen-bond acceptors (Lipinski definition) is 5. The van der Waals surface area contributed by atoms with E-state index in [9.17, 15) is 18.0 Å². The largest absolute Gasteiger partial charge is 0.444 e. The van der Waals surface area contributed by atoms with Crippen LogP contribution in [0.5, 0.6) is 0 Å². The van der Waals surface area contributed by atoms with Crippen molar-refractivity contribution in [3.8, 4) is 0 Å². The van der Waals surface area contributed by atoms with Crippen molar-refractivity contribution in [1.29, 1.82) is 0 Å². The second-order valence-electron chi connectivity index (χ2n) is 6.48. The van der Waals surface area contributed by atoms with E-state index >= 15 is 0 Å². The van der Waals surface area contributed by atoms with Crippen molar-refractivity contribution in [2.24, 2.45) is 5.92 Å². The normalized spacial score (nSPS) is 17.1. The molecule has 8 heteroatoms. The second-order valence-corrected chi connectivity index (χ2v) is 8.44. The molecule has 1 aliphatic carbocycles. The van der Waals surface area contributed by atoms with Gasteiger partial charge in [-0.05, 0) is 45.6 Å². The lowest BCUT2D eigenvalue weighted by Gasteiger charge is -2.20. The van der Waals surface area contributed by atoms with Crippen LogP contribution < -0.4 is 10.0 Å². The van der Waals surface area contributed by atoms with Gasteiger partial charge in [-0.1, -0.05) is 13.0 Å². The summed E-state index contributed by atoms with van der Waals surface area (Å²) < 4.78 is 30.8. The van der Waals surface area contributed by atoms with Gasteiger partial charge in [-0.25, -0.2) is 17.9 Å². The number of rotatable bonds is 6. The molecule has 7 nitrogen and oxygen atoms in total. The minimum absolute atomic E-state index is 0.184. The summed E-state index contributed by atoms with van der Waals surface area (Å²) in [6.07, 6.45) is 3.20. The summed E-state index contributed by atoms with van der Waals surface area (Å²) in [6, 6.07) is 0. The quantitative estimate of drug-likeness (QED) is 0.565.